The summed E-state index contributed by atoms with van der Waals surface area (Å²) in [7, 11) is 0. The molecule has 2 fully saturated rings. The van der Waals surface area contributed by atoms with Crippen LogP contribution in [0.5, 0.6) is 0 Å². The molecule has 1 aliphatic carbocycles. The third kappa shape index (κ3) is 3.26. The first-order valence-corrected chi connectivity index (χ1v) is 9.74. The minimum absolute atomic E-state index is 0.188. The van der Waals surface area contributed by atoms with Gasteiger partial charge in [0.15, 0.2) is 0 Å². The Balaban J connectivity index is 2.20. The Labute approximate surface area is 134 Å². The van der Waals surface area contributed by atoms with Crippen molar-refractivity contribution in [3.63, 3.8) is 0 Å². The summed E-state index contributed by atoms with van der Waals surface area (Å²) in [4.78, 5) is 15.1. The molecule has 1 amide bonds. The molecule has 1 aliphatic heterocycles. The van der Waals surface area contributed by atoms with Crippen molar-refractivity contribution in [2.45, 2.75) is 82.7 Å². The van der Waals surface area contributed by atoms with E-state index in [0.717, 1.165) is 13.0 Å². The van der Waals surface area contributed by atoms with Gasteiger partial charge >= 0.3 is 0 Å². The first-order valence-electron chi connectivity index (χ1n) is 8.51. The van der Waals surface area contributed by atoms with Crippen LogP contribution in [0.1, 0.15) is 66.2 Å². The predicted molar refractivity (Wildman–Crippen MR) is 91.5 cm³/mol. The first kappa shape index (κ1) is 17.1. The highest BCUT2D eigenvalue weighted by molar-refractivity contribution is 8.00. The van der Waals surface area contributed by atoms with Crippen molar-refractivity contribution in [3.05, 3.63) is 0 Å². The lowest BCUT2D eigenvalue weighted by Gasteiger charge is -2.41. The van der Waals surface area contributed by atoms with Crippen molar-refractivity contribution in [2.75, 3.05) is 12.8 Å². The molecule has 1 saturated carbocycles. The normalized spacial score (nSPS) is 33.0. The van der Waals surface area contributed by atoms with Crippen molar-refractivity contribution >= 4 is 17.7 Å². The van der Waals surface area contributed by atoms with Gasteiger partial charge in [0.2, 0.25) is 5.91 Å². The van der Waals surface area contributed by atoms with Crippen molar-refractivity contribution in [1.29, 1.82) is 0 Å². The Bertz CT molecular complexity index is 379. The van der Waals surface area contributed by atoms with Crippen molar-refractivity contribution in [2.24, 2.45) is 5.92 Å². The van der Waals surface area contributed by atoms with E-state index in [-0.39, 0.29) is 16.5 Å². The number of nitrogens with zero attached hydrogens (tertiary/aromatic N) is 1. The highest BCUT2D eigenvalue weighted by atomic mass is 32.2. The molecule has 1 heterocycles. The topological polar surface area (TPSA) is 32.3 Å². The Morgan fingerprint density at radius 2 is 1.95 bits per heavy atom. The van der Waals surface area contributed by atoms with Crippen LogP contribution in [-0.4, -0.2) is 40.1 Å². The molecule has 0 radical (unpaired) electrons. The number of nitrogens with one attached hydrogen (secondary N) is 1. The van der Waals surface area contributed by atoms with Crippen LogP contribution in [0.3, 0.4) is 0 Å². The van der Waals surface area contributed by atoms with E-state index in [9.17, 15) is 4.79 Å². The van der Waals surface area contributed by atoms with Crippen LogP contribution in [0.4, 0.5) is 0 Å². The van der Waals surface area contributed by atoms with Gasteiger partial charge in [0.05, 0.1) is 11.7 Å². The lowest BCUT2D eigenvalue weighted by Crippen LogP contribution is -2.49. The number of carbonyl (C=O) groups is 1. The molecule has 21 heavy (non-hydrogen) atoms. The Hall–Kier alpha value is -0.220. The maximum absolute atomic E-state index is 13.0. The SMILES string of the molecule is CCC1(C)NC(C(C)C)N(CC2(SC)CCCCC2)C1=O. The molecular formula is C17H32N2OS. The van der Waals surface area contributed by atoms with E-state index in [1.807, 2.05) is 11.8 Å². The molecule has 2 aliphatic rings. The van der Waals surface area contributed by atoms with Crippen LogP contribution in [0.25, 0.3) is 0 Å². The number of rotatable bonds is 5. The number of hydrogen-bond acceptors (Lipinski definition) is 3. The molecule has 2 unspecified atom stereocenters. The summed E-state index contributed by atoms with van der Waals surface area (Å²) in [6.07, 6.45) is 9.77. The summed E-state index contributed by atoms with van der Waals surface area (Å²) >= 11 is 1.98. The number of hydrogen-bond donors (Lipinski definition) is 1. The number of carbonyl (C=O) groups excluding carboxylic acids is 1. The largest absolute Gasteiger partial charge is 0.324 e. The van der Waals surface area contributed by atoms with E-state index in [0.29, 0.717) is 11.8 Å². The van der Waals surface area contributed by atoms with E-state index in [1.54, 1.807) is 0 Å². The van der Waals surface area contributed by atoms with E-state index >= 15 is 0 Å². The lowest BCUT2D eigenvalue weighted by atomic mass is 9.87. The second-order valence-electron chi connectivity index (χ2n) is 7.40. The highest BCUT2D eigenvalue weighted by Crippen LogP contribution is 2.41. The molecule has 2 rings (SSSR count). The van der Waals surface area contributed by atoms with E-state index < -0.39 is 0 Å². The fourth-order valence-corrected chi connectivity index (χ4v) is 4.76. The van der Waals surface area contributed by atoms with Crippen LogP contribution in [0.15, 0.2) is 0 Å². The zero-order chi connectivity index (χ0) is 15.7. The fourth-order valence-electron chi connectivity index (χ4n) is 3.79. The van der Waals surface area contributed by atoms with Gasteiger partial charge in [-0.15, -0.1) is 0 Å². The van der Waals surface area contributed by atoms with Crippen molar-refractivity contribution in [3.8, 4) is 0 Å². The molecule has 0 spiro atoms. The summed E-state index contributed by atoms with van der Waals surface area (Å²) in [6.45, 7) is 9.52. The summed E-state index contributed by atoms with van der Waals surface area (Å²) < 4.78 is 0.279. The first-order chi connectivity index (χ1) is 9.87. The zero-order valence-electron chi connectivity index (χ0n) is 14.4. The zero-order valence-corrected chi connectivity index (χ0v) is 15.2. The molecule has 1 N–H and O–H groups in total. The molecule has 0 aromatic heterocycles. The Kier molecular flexibility index (Phi) is 5.30. The maximum Gasteiger partial charge on any atom is 0.243 e. The monoisotopic (exact) mass is 312 g/mol. The smallest absolute Gasteiger partial charge is 0.243 e. The molecule has 2 atom stereocenters. The van der Waals surface area contributed by atoms with Gasteiger partial charge in [0, 0.05) is 11.3 Å². The van der Waals surface area contributed by atoms with Gasteiger partial charge in [-0.3, -0.25) is 10.1 Å². The molecule has 3 nitrogen and oxygen atoms in total. The quantitative estimate of drug-likeness (QED) is 0.841. The van der Waals surface area contributed by atoms with Gasteiger partial charge in [0.1, 0.15) is 0 Å². The summed E-state index contributed by atoms with van der Waals surface area (Å²) in [5.41, 5.74) is -0.372. The van der Waals surface area contributed by atoms with Crippen LogP contribution < -0.4 is 5.32 Å². The van der Waals surface area contributed by atoms with E-state index in [4.69, 9.17) is 0 Å². The highest BCUT2D eigenvalue weighted by Gasteiger charge is 2.49. The fraction of sp³-hybridized carbons (Fsp3) is 0.941. The van der Waals surface area contributed by atoms with Crippen molar-refractivity contribution in [1.82, 2.24) is 10.2 Å². The minimum Gasteiger partial charge on any atom is -0.324 e. The average molecular weight is 313 g/mol. The summed E-state index contributed by atoms with van der Waals surface area (Å²) in [6, 6.07) is 0. The minimum atomic E-state index is -0.372. The average Bonchev–Trinajstić information content (AvgIpc) is 2.74. The van der Waals surface area contributed by atoms with Gasteiger partial charge in [-0.25, -0.2) is 0 Å². The van der Waals surface area contributed by atoms with E-state index in [2.05, 4.69) is 44.2 Å². The summed E-state index contributed by atoms with van der Waals surface area (Å²) in [5, 5.41) is 3.61. The molecule has 122 valence electrons. The summed E-state index contributed by atoms with van der Waals surface area (Å²) in [5.74, 6) is 0.757. The molecular weight excluding hydrogens is 280 g/mol. The van der Waals surface area contributed by atoms with Gasteiger partial charge in [-0.05, 0) is 38.4 Å². The Morgan fingerprint density at radius 1 is 1.33 bits per heavy atom. The molecule has 1 saturated heterocycles. The lowest BCUT2D eigenvalue weighted by molar-refractivity contribution is -0.133. The van der Waals surface area contributed by atoms with Gasteiger partial charge in [0.25, 0.3) is 0 Å². The second-order valence-corrected chi connectivity index (χ2v) is 8.67. The van der Waals surface area contributed by atoms with Crippen LogP contribution in [-0.2, 0) is 4.79 Å². The van der Waals surface area contributed by atoms with Crippen molar-refractivity contribution < 1.29 is 4.79 Å². The Morgan fingerprint density at radius 3 is 2.43 bits per heavy atom. The molecule has 4 heteroatoms. The second kappa shape index (κ2) is 6.49. The molecule has 0 aromatic rings. The van der Waals surface area contributed by atoms with Crippen LogP contribution >= 0.6 is 11.8 Å². The third-order valence-electron chi connectivity index (χ3n) is 5.53. The van der Waals surface area contributed by atoms with Gasteiger partial charge in [-0.1, -0.05) is 40.0 Å². The van der Waals surface area contributed by atoms with Crippen LogP contribution in [0, 0.1) is 5.92 Å². The van der Waals surface area contributed by atoms with Gasteiger partial charge in [-0.2, -0.15) is 11.8 Å². The third-order valence-corrected chi connectivity index (χ3v) is 6.93. The number of amides is 1. The molecule has 0 bridgehead atoms. The predicted octanol–water partition coefficient (Wildman–Crippen LogP) is 3.63. The van der Waals surface area contributed by atoms with Gasteiger partial charge < -0.3 is 4.90 Å². The molecule has 0 aromatic carbocycles. The standard InChI is InChI=1S/C17H32N2OS/c1-6-16(4)15(20)19(14(18-16)13(2)3)12-17(21-5)10-8-7-9-11-17/h13-14,18H,6-12H2,1-5H3. The maximum atomic E-state index is 13.0. The van der Waals surface area contributed by atoms with Crippen LogP contribution in [0.2, 0.25) is 0 Å². The number of thioether (sulfide) groups is 1. The van der Waals surface area contributed by atoms with E-state index in [1.165, 1.54) is 32.1 Å².